The van der Waals surface area contributed by atoms with Gasteiger partial charge in [-0.1, -0.05) is 0 Å². The summed E-state index contributed by atoms with van der Waals surface area (Å²) < 4.78 is 34.8. The van der Waals surface area contributed by atoms with E-state index in [4.69, 9.17) is 15.2 Å². The van der Waals surface area contributed by atoms with Crippen LogP contribution >= 0.6 is 21.6 Å². The number of nitrogens with two attached hydrogens (primary N) is 1. The SMILES string of the molecule is COc1cc(SSC(F)F)c(OC)cc1CCN. The lowest BCUT2D eigenvalue weighted by Gasteiger charge is -2.13. The third-order valence-corrected chi connectivity index (χ3v) is 4.20. The molecule has 0 atom stereocenters. The molecule has 0 spiro atoms. The molecule has 0 saturated carbocycles. The number of rotatable bonds is 7. The molecular weight excluding hydrogens is 280 g/mol. The Morgan fingerprint density at radius 3 is 2.39 bits per heavy atom. The van der Waals surface area contributed by atoms with Crippen molar-refractivity contribution in [3.8, 4) is 11.5 Å². The maximum absolute atomic E-state index is 12.2. The average molecular weight is 295 g/mol. The molecule has 2 N–H and O–H groups in total. The molecule has 0 amide bonds. The molecule has 0 unspecified atom stereocenters. The first-order valence-corrected chi connectivity index (χ1v) is 7.40. The van der Waals surface area contributed by atoms with Crippen LogP contribution in [0.25, 0.3) is 0 Å². The van der Waals surface area contributed by atoms with E-state index in [1.165, 1.54) is 14.2 Å². The summed E-state index contributed by atoms with van der Waals surface area (Å²) >= 11 is 0. The van der Waals surface area contributed by atoms with Gasteiger partial charge in [0.1, 0.15) is 11.5 Å². The van der Waals surface area contributed by atoms with Crippen LogP contribution < -0.4 is 15.2 Å². The van der Waals surface area contributed by atoms with Crippen LogP contribution in [-0.4, -0.2) is 26.5 Å². The van der Waals surface area contributed by atoms with Gasteiger partial charge in [-0.3, -0.25) is 0 Å². The fourth-order valence-electron chi connectivity index (χ4n) is 1.44. The molecule has 1 aromatic rings. The Morgan fingerprint density at radius 1 is 1.22 bits per heavy atom. The predicted octanol–water partition coefficient (Wildman–Crippen LogP) is 3.17. The molecule has 0 aliphatic carbocycles. The average Bonchev–Trinajstić information content (AvgIpc) is 2.36. The Balaban J connectivity index is 3.01. The lowest BCUT2D eigenvalue weighted by Crippen LogP contribution is -2.05. The van der Waals surface area contributed by atoms with Crippen molar-refractivity contribution in [3.05, 3.63) is 17.7 Å². The van der Waals surface area contributed by atoms with E-state index in [9.17, 15) is 8.78 Å². The highest BCUT2D eigenvalue weighted by molar-refractivity contribution is 8.76. The minimum absolute atomic E-state index is 0.475. The summed E-state index contributed by atoms with van der Waals surface area (Å²) in [6, 6.07) is 3.48. The number of hydrogen-bond acceptors (Lipinski definition) is 5. The highest BCUT2D eigenvalue weighted by Gasteiger charge is 2.14. The topological polar surface area (TPSA) is 44.5 Å². The third-order valence-electron chi connectivity index (χ3n) is 2.19. The van der Waals surface area contributed by atoms with Crippen molar-refractivity contribution in [3.63, 3.8) is 0 Å². The molecule has 1 aromatic carbocycles. The van der Waals surface area contributed by atoms with Gasteiger partial charge in [0, 0.05) is 0 Å². The van der Waals surface area contributed by atoms with Gasteiger partial charge in [-0.25, -0.2) is 0 Å². The highest BCUT2D eigenvalue weighted by Crippen LogP contribution is 2.43. The van der Waals surface area contributed by atoms with Crippen molar-refractivity contribution in [1.29, 1.82) is 0 Å². The lowest BCUT2D eigenvalue weighted by molar-refractivity contribution is 0.254. The summed E-state index contributed by atoms with van der Waals surface area (Å²) in [6.45, 7) is 0.484. The molecule has 0 bridgehead atoms. The molecule has 18 heavy (non-hydrogen) atoms. The summed E-state index contributed by atoms with van der Waals surface area (Å²) in [5.74, 6) is -1.24. The largest absolute Gasteiger partial charge is 0.496 e. The molecule has 0 aliphatic heterocycles. The molecule has 0 heterocycles. The first-order valence-electron chi connectivity index (χ1n) is 5.18. The lowest BCUT2D eigenvalue weighted by atomic mass is 10.1. The molecule has 102 valence electrons. The summed E-state index contributed by atoms with van der Waals surface area (Å²) in [6.07, 6.45) is 0.645. The van der Waals surface area contributed by atoms with Gasteiger partial charge in [0.2, 0.25) is 0 Å². The fraction of sp³-hybridized carbons (Fsp3) is 0.455. The Labute approximate surface area is 113 Å². The zero-order valence-electron chi connectivity index (χ0n) is 10.1. The van der Waals surface area contributed by atoms with Crippen molar-refractivity contribution in [2.45, 2.75) is 17.1 Å². The second kappa shape index (κ2) is 7.70. The first-order chi connectivity index (χ1) is 8.62. The molecular formula is C11H15F2NO2S2. The maximum Gasteiger partial charge on any atom is 0.294 e. The van der Waals surface area contributed by atoms with Crippen LogP contribution in [0.15, 0.2) is 17.0 Å². The van der Waals surface area contributed by atoms with Crippen LogP contribution in [0, 0.1) is 0 Å². The van der Waals surface area contributed by atoms with E-state index in [1.807, 2.05) is 0 Å². The Morgan fingerprint density at radius 2 is 1.89 bits per heavy atom. The van der Waals surface area contributed by atoms with Gasteiger partial charge in [-0.2, -0.15) is 8.78 Å². The zero-order valence-corrected chi connectivity index (χ0v) is 11.7. The van der Waals surface area contributed by atoms with Crippen molar-refractivity contribution in [2.24, 2.45) is 5.73 Å². The molecule has 1 rings (SSSR count). The molecule has 0 aliphatic rings. The second-order valence-electron chi connectivity index (χ2n) is 3.29. The van der Waals surface area contributed by atoms with Gasteiger partial charge in [0.15, 0.2) is 0 Å². The van der Waals surface area contributed by atoms with Gasteiger partial charge >= 0.3 is 0 Å². The van der Waals surface area contributed by atoms with Crippen LogP contribution in [0.3, 0.4) is 0 Å². The van der Waals surface area contributed by atoms with Crippen molar-refractivity contribution >= 4 is 21.6 Å². The van der Waals surface area contributed by atoms with Gasteiger partial charge in [-0.15, -0.1) is 0 Å². The Kier molecular flexibility index (Phi) is 6.59. The van der Waals surface area contributed by atoms with E-state index in [1.54, 1.807) is 12.1 Å². The van der Waals surface area contributed by atoms with Gasteiger partial charge < -0.3 is 15.2 Å². The second-order valence-corrected chi connectivity index (χ2v) is 5.53. The standard InChI is InChI=1S/C11H15F2NO2S2/c1-15-8-6-10(17-18-11(12)13)9(16-2)5-7(8)3-4-14/h5-6,11H,3-4,14H2,1-2H3. The van der Waals surface area contributed by atoms with E-state index in [0.717, 1.165) is 16.4 Å². The Hall–Kier alpha value is -0.660. The first kappa shape index (κ1) is 15.4. The summed E-state index contributed by atoms with van der Waals surface area (Å²) in [5, 5.41) is 0. The third kappa shape index (κ3) is 4.22. The number of ether oxygens (including phenoxy) is 2. The van der Waals surface area contributed by atoms with Crippen LogP contribution in [0.5, 0.6) is 11.5 Å². The van der Waals surface area contributed by atoms with E-state index in [0.29, 0.717) is 40.2 Å². The summed E-state index contributed by atoms with van der Waals surface area (Å²) in [4.78, 5) is 0.612. The Bertz CT molecular complexity index is 392. The molecule has 0 radical (unpaired) electrons. The zero-order chi connectivity index (χ0) is 13.5. The van der Waals surface area contributed by atoms with E-state index in [-0.39, 0.29) is 0 Å². The number of hydrogen-bond donors (Lipinski definition) is 1. The van der Waals surface area contributed by atoms with Gasteiger partial charge in [-0.05, 0) is 52.2 Å². The van der Waals surface area contributed by atoms with Crippen LogP contribution in [0.1, 0.15) is 5.56 Å². The van der Waals surface area contributed by atoms with Gasteiger partial charge in [0.25, 0.3) is 5.76 Å². The summed E-state index contributed by atoms with van der Waals surface area (Å²) in [7, 11) is 4.49. The number of alkyl halides is 2. The normalized spacial score (nSPS) is 10.8. The maximum atomic E-state index is 12.2. The van der Waals surface area contributed by atoms with Crippen LogP contribution in [-0.2, 0) is 6.42 Å². The summed E-state index contributed by atoms with van der Waals surface area (Å²) in [5.41, 5.74) is 6.41. The molecule has 0 saturated heterocycles. The number of halogens is 2. The molecule has 7 heteroatoms. The number of methoxy groups -OCH3 is 2. The van der Waals surface area contributed by atoms with E-state index >= 15 is 0 Å². The van der Waals surface area contributed by atoms with E-state index in [2.05, 4.69) is 0 Å². The smallest absolute Gasteiger partial charge is 0.294 e. The monoisotopic (exact) mass is 295 g/mol. The van der Waals surface area contributed by atoms with Gasteiger partial charge in [0.05, 0.1) is 19.1 Å². The minimum atomic E-state index is -2.44. The van der Waals surface area contributed by atoms with Crippen LogP contribution in [0.4, 0.5) is 8.78 Å². The molecule has 3 nitrogen and oxygen atoms in total. The molecule has 0 aromatic heterocycles. The predicted molar refractivity (Wildman–Crippen MR) is 71.8 cm³/mol. The fourth-order valence-corrected chi connectivity index (χ4v) is 2.91. The van der Waals surface area contributed by atoms with Crippen molar-refractivity contribution < 1.29 is 18.3 Å². The quantitative estimate of drug-likeness (QED) is 0.783. The van der Waals surface area contributed by atoms with Crippen molar-refractivity contribution in [2.75, 3.05) is 20.8 Å². The highest BCUT2D eigenvalue weighted by atomic mass is 33.1. The van der Waals surface area contributed by atoms with Crippen molar-refractivity contribution in [1.82, 2.24) is 0 Å². The molecule has 0 fully saturated rings. The van der Waals surface area contributed by atoms with Crippen LogP contribution in [0.2, 0.25) is 0 Å². The van der Waals surface area contributed by atoms with E-state index < -0.39 is 5.76 Å². The minimum Gasteiger partial charge on any atom is -0.496 e. The number of benzene rings is 1.